The van der Waals surface area contributed by atoms with Gasteiger partial charge in [0.2, 0.25) is 0 Å². The Kier molecular flexibility index (Phi) is 22.4. The average Bonchev–Trinajstić information content (AvgIpc) is 1.51. The van der Waals surface area contributed by atoms with Crippen molar-refractivity contribution in [2.75, 3.05) is 4.90 Å². The third-order valence-electron chi connectivity index (χ3n) is 28.4. The molecular weight excluding hydrogens is 1830 g/mol. The minimum absolute atomic E-state index is 0.131. The zero-order chi connectivity index (χ0) is 98.0. The molecule has 0 atom stereocenters. The van der Waals surface area contributed by atoms with Crippen LogP contribution in [0.3, 0.4) is 0 Å². The number of anilines is 3. The summed E-state index contributed by atoms with van der Waals surface area (Å²) in [5.41, 5.74) is 44.9. The Balaban J connectivity index is 0.000000101. The third-order valence-corrected chi connectivity index (χ3v) is 31.7. The van der Waals surface area contributed by atoms with E-state index in [9.17, 15) is 0 Å². The maximum absolute atomic E-state index is 6.53. The van der Waals surface area contributed by atoms with Crippen molar-refractivity contribution >= 4 is 201 Å². The highest BCUT2D eigenvalue weighted by atomic mass is 32.1. The molecular formula is C131H102N8O3S3. The Bertz CT molecular complexity index is 8800. The quantitative estimate of drug-likeness (QED) is 0.142. The molecule has 14 heteroatoms. The molecule has 0 saturated heterocycles. The molecule has 0 bridgehead atoms. The Hall–Kier alpha value is -17.1. The molecule has 20 aromatic carbocycles. The standard InChI is InChI=1S/C35H30N2.C32H24N2O2.C32H24N2OS.C32H24N2S2/c1-23-13-17-25(18-14-23)36-30-11-7-5-9-27(30)33-32(36)22-21-29-34(33)37(26-19-15-24(2)16-20-26)31-12-8-6-10-28(31)35(29,3)4;1-21-11-15-23(16-12-21)33-25-7-3-5-9-29(25)35-31-20-28-32(19-27(31)33)36-30-10-6-4-8-26(30)34(28)24-17-13-22(2)14-18-24;1-21-11-15-23(16-12-21)33-25-7-3-5-9-29(25)35-30-19-28-32(20-27(30)33)36-31-10-6-4-8-26(31)34(28)24-17-13-22(2)14-18-24;1-21-11-15-23(16-12-21)33-25-7-3-5-9-29(25)35-31-20-28-32(19-27(31)33)36-30-10-6-4-8-26(30)34(28)24-17-13-22(2)14-18-24/h5-22H,1-4H3;3*3-20H,1-2H3. The Morgan fingerprint density at radius 2 is 0.441 bits per heavy atom. The van der Waals surface area contributed by atoms with Crippen LogP contribution in [0.25, 0.3) is 190 Å². The molecule has 0 spiro atoms. The molecule has 0 aliphatic carbocycles. The van der Waals surface area contributed by atoms with Crippen LogP contribution in [0.2, 0.25) is 0 Å². The van der Waals surface area contributed by atoms with Crippen LogP contribution in [0.1, 0.15) is 69.5 Å². The van der Waals surface area contributed by atoms with Crippen molar-refractivity contribution in [2.45, 2.75) is 74.7 Å². The molecule has 145 heavy (non-hydrogen) atoms. The fraction of sp³-hybridized carbons (Fsp3) is 0.0840. The molecule has 0 fully saturated rings. The van der Waals surface area contributed by atoms with Crippen molar-refractivity contribution in [3.05, 3.63) is 492 Å². The van der Waals surface area contributed by atoms with Crippen LogP contribution >= 0.6 is 34.0 Å². The summed E-state index contributed by atoms with van der Waals surface area (Å²) < 4.78 is 43.4. The third kappa shape index (κ3) is 16.0. The van der Waals surface area contributed by atoms with Gasteiger partial charge in [-0.1, -0.05) is 271 Å². The van der Waals surface area contributed by atoms with Crippen LogP contribution in [0.5, 0.6) is 0 Å². The maximum Gasteiger partial charge on any atom is 0.153 e. The average molecular weight is 1930 g/mol. The molecule has 28 rings (SSSR count). The molecule has 702 valence electrons. The molecule has 0 radical (unpaired) electrons. The number of aryl methyl sites for hydroxylation is 8. The van der Waals surface area contributed by atoms with Gasteiger partial charge in [-0.2, -0.15) is 0 Å². The number of rotatable bonds is 8. The molecule has 0 amide bonds. The number of aromatic nitrogens is 7. The van der Waals surface area contributed by atoms with Gasteiger partial charge < -0.3 is 50.1 Å². The molecule has 0 unspecified atom stereocenters. The first-order chi connectivity index (χ1) is 70.9. The molecule has 7 aromatic heterocycles. The lowest BCUT2D eigenvalue weighted by Crippen LogP contribution is -2.30. The van der Waals surface area contributed by atoms with Crippen molar-refractivity contribution in [3.63, 3.8) is 0 Å². The van der Waals surface area contributed by atoms with E-state index >= 15 is 0 Å². The summed E-state index contributed by atoms with van der Waals surface area (Å²) in [7, 11) is 0. The van der Waals surface area contributed by atoms with Gasteiger partial charge in [-0.05, 0) is 273 Å². The van der Waals surface area contributed by atoms with Gasteiger partial charge in [-0.15, -0.1) is 34.0 Å². The Labute approximate surface area is 851 Å². The SMILES string of the molecule is Cc1ccc(-n2c3ccccc3oc3cc4c(cc32)oc2ccccc2n4-c2ccc(C)cc2)cc1.Cc1ccc(-n2c3ccccc3oc3cc4c(cc32)sc2ccccc2n4-c2ccc(C)cc2)cc1.Cc1ccc(-n2c3ccccc3sc3cc4c(cc32)sc2ccccc2n4-c2ccc(C)cc2)cc1.Cc1ccc(N2c3ccccc3C(C)(C)c3ccc4c(c32)c2ccccc2n4-c2ccc(C)cc2)cc1. The molecule has 0 saturated carbocycles. The van der Waals surface area contributed by atoms with E-state index in [2.05, 4.69) is 494 Å². The maximum atomic E-state index is 6.53. The van der Waals surface area contributed by atoms with Crippen LogP contribution in [0.15, 0.2) is 450 Å². The van der Waals surface area contributed by atoms with Crippen LogP contribution < -0.4 is 4.90 Å². The van der Waals surface area contributed by atoms with Crippen molar-refractivity contribution in [1.29, 1.82) is 0 Å². The number of hydrogen-bond donors (Lipinski definition) is 0. The summed E-state index contributed by atoms with van der Waals surface area (Å²) in [6, 6.07) is 157. The van der Waals surface area contributed by atoms with Crippen molar-refractivity contribution in [2.24, 2.45) is 0 Å². The van der Waals surface area contributed by atoms with Gasteiger partial charge in [-0.25, -0.2) is 0 Å². The van der Waals surface area contributed by atoms with Crippen molar-refractivity contribution in [1.82, 2.24) is 32.0 Å². The second-order valence-corrected chi connectivity index (χ2v) is 41.9. The minimum atomic E-state index is -0.131. The van der Waals surface area contributed by atoms with Gasteiger partial charge in [0.05, 0.1) is 117 Å². The fourth-order valence-electron chi connectivity index (χ4n) is 21.0. The largest absolute Gasteiger partial charge is 0.453 e. The zero-order valence-electron chi connectivity index (χ0n) is 82.1. The number of hydrogen-bond acceptors (Lipinski definition) is 7. The van der Waals surface area contributed by atoms with E-state index in [-0.39, 0.29) is 5.41 Å². The highest BCUT2D eigenvalue weighted by Crippen LogP contribution is 2.56. The first-order valence-electron chi connectivity index (χ1n) is 49.4. The number of benzene rings is 20. The molecule has 1 aliphatic heterocycles. The zero-order valence-corrected chi connectivity index (χ0v) is 84.5. The van der Waals surface area contributed by atoms with Crippen molar-refractivity contribution in [3.8, 4) is 39.8 Å². The van der Waals surface area contributed by atoms with Crippen LogP contribution in [0, 0.1) is 55.4 Å². The molecule has 27 aromatic rings. The van der Waals surface area contributed by atoms with Gasteiger partial charge in [0, 0.05) is 79.9 Å². The second kappa shape index (κ2) is 36.4. The predicted octanol–water partition coefficient (Wildman–Crippen LogP) is 37.3. The smallest absolute Gasteiger partial charge is 0.153 e. The summed E-state index contributed by atoms with van der Waals surface area (Å²) in [5.74, 6) is 0. The monoisotopic (exact) mass is 1930 g/mol. The van der Waals surface area contributed by atoms with E-state index in [1.54, 1.807) is 0 Å². The first kappa shape index (κ1) is 89.2. The van der Waals surface area contributed by atoms with E-state index < -0.39 is 0 Å². The van der Waals surface area contributed by atoms with Gasteiger partial charge in [0.15, 0.2) is 33.5 Å². The van der Waals surface area contributed by atoms with Crippen LogP contribution in [-0.4, -0.2) is 32.0 Å². The number of nitrogens with zero attached hydrogens (tertiary/aromatic N) is 8. The van der Waals surface area contributed by atoms with Crippen LogP contribution in [-0.2, 0) is 5.41 Å². The number of fused-ring (bicyclic) bond motifs is 18. The van der Waals surface area contributed by atoms with E-state index in [0.29, 0.717) is 0 Å². The minimum Gasteiger partial charge on any atom is -0.453 e. The first-order valence-corrected chi connectivity index (χ1v) is 51.8. The molecule has 8 heterocycles. The molecule has 1 aliphatic rings. The fourth-order valence-corrected chi connectivity index (χ4v) is 24.2. The summed E-state index contributed by atoms with van der Waals surface area (Å²) in [5, 5.41) is 2.58. The second-order valence-electron chi connectivity index (χ2n) is 38.7. The van der Waals surface area contributed by atoms with Gasteiger partial charge in [-0.3, -0.25) is 0 Å². The Morgan fingerprint density at radius 1 is 0.186 bits per heavy atom. The highest BCUT2D eigenvalue weighted by Gasteiger charge is 2.39. The molecule has 11 nitrogen and oxygen atoms in total. The summed E-state index contributed by atoms with van der Waals surface area (Å²) in [6.07, 6.45) is 0. The molecule has 0 N–H and O–H groups in total. The van der Waals surface area contributed by atoms with Gasteiger partial charge in [0.25, 0.3) is 0 Å². The van der Waals surface area contributed by atoms with E-state index in [1.807, 2.05) is 82.5 Å². The lowest BCUT2D eigenvalue weighted by molar-refractivity contribution is 0.633. The van der Waals surface area contributed by atoms with Crippen LogP contribution in [0.4, 0.5) is 17.1 Å². The lowest BCUT2D eigenvalue weighted by atomic mass is 9.73. The summed E-state index contributed by atoms with van der Waals surface area (Å²) >= 11 is 5.53. The topological polar surface area (TPSA) is 77.2 Å². The summed E-state index contributed by atoms with van der Waals surface area (Å²) in [4.78, 5) is 2.49. The Morgan fingerprint density at radius 3 is 0.793 bits per heavy atom. The lowest BCUT2D eigenvalue weighted by Gasteiger charge is -2.42. The highest BCUT2D eigenvalue weighted by molar-refractivity contribution is 7.26. The summed E-state index contributed by atoms with van der Waals surface area (Å²) in [6.45, 7) is 21.8. The normalized spacial score (nSPS) is 12.2. The number of para-hydroxylation sites is 11. The van der Waals surface area contributed by atoms with Gasteiger partial charge >= 0.3 is 0 Å². The van der Waals surface area contributed by atoms with E-state index in [4.69, 9.17) is 13.3 Å². The van der Waals surface area contributed by atoms with E-state index in [0.717, 1.165) is 94.9 Å². The predicted molar refractivity (Wildman–Crippen MR) is 614 cm³/mol. The van der Waals surface area contributed by atoms with Gasteiger partial charge in [0.1, 0.15) is 0 Å². The van der Waals surface area contributed by atoms with Crippen molar-refractivity contribution < 1.29 is 13.3 Å². The van der Waals surface area contributed by atoms with E-state index in [1.165, 1.54) is 167 Å².